The van der Waals surface area contributed by atoms with Crippen molar-refractivity contribution < 1.29 is 0 Å². The van der Waals surface area contributed by atoms with Gasteiger partial charge in [0.2, 0.25) is 0 Å². The maximum atomic E-state index is 6.42. The van der Waals surface area contributed by atoms with Crippen molar-refractivity contribution in [1.29, 1.82) is 0 Å². The Balaban J connectivity index is 2.14. The lowest BCUT2D eigenvalue weighted by molar-refractivity contribution is 0.209. The fraction of sp³-hybridized carbons (Fsp3) is 0.562. The molecule has 1 aromatic carbocycles. The molecular weight excluding hydrogens is 291 g/mol. The number of halogens is 2. The average molecular weight is 311 g/mol. The number of rotatable bonds is 2. The van der Waals surface area contributed by atoms with Gasteiger partial charge in [-0.05, 0) is 43.2 Å². The number of benzene rings is 1. The van der Waals surface area contributed by atoms with E-state index in [0.29, 0.717) is 17.8 Å². The SMILES string of the molecule is CC1CCC(n2c(CCl)nc3cccc(Cl)c32)C(C)C1. The second-order valence-corrected chi connectivity index (χ2v) is 6.78. The molecule has 108 valence electrons. The minimum absolute atomic E-state index is 0.434. The molecular formula is C16H20Cl2N2. The van der Waals surface area contributed by atoms with Gasteiger partial charge < -0.3 is 4.57 Å². The Kier molecular flexibility index (Phi) is 3.96. The quantitative estimate of drug-likeness (QED) is 0.677. The predicted octanol–water partition coefficient (Wildman–Crippen LogP) is 5.43. The molecule has 1 aromatic heterocycles. The molecule has 3 atom stereocenters. The molecule has 4 heteroatoms. The first-order valence-electron chi connectivity index (χ1n) is 7.33. The van der Waals surface area contributed by atoms with E-state index in [4.69, 9.17) is 23.2 Å². The third-order valence-corrected chi connectivity index (χ3v) is 5.12. The molecule has 1 fully saturated rings. The Morgan fingerprint density at radius 1 is 1.30 bits per heavy atom. The van der Waals surface area contributed by atoms with Gasteiger partial charge in [-0.15, -0.1) is 11.6 Å². The van der Waals surface area contributed by atoms with Crippen LogP contribution in [0.1, 0.15) is 45.0 Å². The highest BCUT2D eigenvalue weighted by Crippen LogP contribution is 2.40. The summed E-state index contributed by atoms with van der Waals surface area (Å²) in [4.78, 5) is 4.67. The molecule has 1 saturated carbocycles. The van der Waals surface area contributed by atoms with Crippen molar-refractivity contribution in [3.05, 3.63) is 29.0 Å². The van der Waals surface area contributed by atoms with E-state index in [-0.39, 0.29) is 0 Å². The third kappa shape index (κ3) is 2.33. The van der Waals surface area contributed by atoms with Gasteiger partial charge in [0, 0.05) is 6.04 Å². The van der Waals surface area contributed by atoms with Crippen LogP contribution in [-0.2, 0) is 5.88 Å². The Bertz CT molecular complexity index is 620. The van der Waals surface area contributed by atoms with Gasteiger partial charge in [-0.25, -0.2) is 4.98 Å². The van der Waals surface area contributed by atoms with Gasteiger partial charge >= 0.3 is 0 Å². The Hall–Kier alpha value is -0.730. The first kappa shape index (κ1) is 14.2. The summed E-state index contributed by atoms with van der Waals surface area (Å²) >= 11 is 12.5. The van der Waals surface area contributed by atoms with Crippen LogP contribution in [0.2, 0.25) is 5.02 Å². The van der Waals surface area contributed by atoms with E-state index in [1.807, 2.05) is 18.2 Å². The minimum atomic E-state index is 0.434. The molecule has 1 aliphatic carbocycles. The summed E-state index contributed by atoms with van der Waals surface area (Å²) in [5, 5.41) is 0.775. The van der Waals surface area contributed by atoms with Gasteiger partial charge in [0.15, 0.2) is 0 Å². The number of aromatic nitrogens is 2. The van der Waals surface area contributed by atoms with Crippen LogP contribution in [0.25, 0.3) is 11.0 Å². The summed E-state index contributed by atoms with van der Waals surface area (Å²) in [5.74, 6) is 2.82. The normalized spacial score (nSPS) is 27.1. The second-order valence-electron chi connectivity index (χ2n) is 6.10. The molecule has 2 nitrogen and oxygen atoms in total. The summed E-state index contributed by atoms with van der Waals surface area (Å²) in [5.41, 5.74) is 2.01. The van der Waals surface area contributed by atoms with E-state index in [2.05, 4.69) is 23.4 Å². The zero-order valence-corrected chi connectivity index (χ0v) is 13.5. The molecule has 2 aromatic rings. The zero-order valence-electron chi connectivity index (χ0n) is 11.9. The van der Waals surface area contributed by atoms with Crippen molar-refractivity contribution in [3.8, 4) is 0 Å². The highest BCUT2D eigenvalue weighted by atomic mass is 35.5. The molecule has 0 spiro atoms. The van der Waals surface area contributed by atoms with Crippen LogP contribution in [0, 0.1) is 11.8 Å². The van der Waals surface area contributed by atoms with Crippen LogP contribution in [0.5, 0.6) is 0 Å². The minimum Gasteiger partial charge on any atom is -0.322 e. The molecule has 0 bridgehead atoms. The highest BCUT2D eigenvalue weighted by molar-refractivity contribution is 6.35. The zero-order chi connectivity index (χ0) is 14.3. The maximum absolute atomic E-state index is 6.42. The van der Waals surface area contributed by atoms with Crippen molar-refractivity contribution in [1.82, 2.24) is 9.55 Å². The topological polar surface area (TPSA) is 17.8 Å². The van der Waals surface area contributed by atoms with Crippen molar-refractivity contribution in [3.63, 3.8) is 0 Å². The summed E-state index contributed by atoms with van der Waals surface area (Å²) in [6.45, 7) is 4.68. The molecule has 0 amide bonds. The fourth-order valence-electron chi connectivity index (χ4n) is 3.64. The van der Waals surface area contributed by atoms with Crippen molar-refractivity contribution in [2.24, 2.45) is 11.8 Å². The molecule has 3 rings (SSSR count). The van der Waals surface area contributed by atoms with Gasteiger partial charge in [0.25, 0.3) is 0 Å². The fourth-order valence-corrected chi connectivity index (χ4v) is 4.09. The van der Waals surface area contributed by atoms with Crippen LogP contribution in [0.3, 0.4) is 0 Å². The third-order valence-electron chi connectivity index (χ3n) is 4.57. The Morgan fingerprint density at radius 2 is 2.10 bits per heavy atom. The molecule has 0 saturated heterocycles. The first-order valence-corrected chi connectivity index (χ1v) is 8.24. The number of hydrogen-bond donors (Lipinski definition) is 0. The van der Waals surface area contributed by atoms with E-state index in [1.54, 1.807) is 0 Å². The lowest BCUT2D eigenvalue weighted by Crippen LogP contribution is -2.25. The van der Waals surface area contributed by atoms with Gasteiger partial charge in [0.05, 0.1) is 21.9 Å². The smallest absolute Gasteiger partial charge is 0.125 e. The van der Waals surface area contributed by atoms with Gasteiger partial charge in [-0.1, -0.05) is 31.5 Å². The van der Waals surface area contributed by atoms with Crippen LogP contribution in [-0.4, -0.2) is 9.55 Å². The molecule has 20 heavy (non-hydrogen) atoms. The van der Waals surface area contributed by atoms with Gasteiger partial charge in [-0.3, -0.25) is 0 Å². The number of nitrogens with zero attached hydrogens (tertiary/aromatic N) is 2. The molecule has 3 unspecified atom stereocenters. The van der Waals surface area contributed by atoms with Crippen LogP contribution < -0.4 is 0 Å². The standard InChI is InChI=1S/C16H20Cl2N2/c1-10-6-7-14(11(2)8-10)20-15(9-17)19-13-5-3-4-12(18)16(13)20/h3-5,10-11,14H,6-9H2,1-2H3. The van der Waals surface area contributed by atoms with E-state index in [0.717, 1.165) is 27.8 Å². The second kappa shape index (κ2) is 5.57. The largest absolute Gasteiger partial charge is 0.322 e. The van der Waals surface area contributed by atoms with Gasteiger partial charge in [0.1, 0.15) is 5.82 Å². The summed E-state index contributed by atoms with van der Waals surface area (Å²) in [6.07, 6.45) is 3.71. The van der Waals surface area contributed by atoms with Crippen molar-refractivity contribution >= 4 is 34.2 Å². The number of alkyl halides is 1. The Labute approximate surface area is 130 Å². The van der Waals surface area contributed by atoms with Crippen LogP contribution in [0.15, 0.2) is 18.2 Å². The van der Waals surface area contributed by atoms with E-state index in [1.165, 1.54) is 19.3 Å². The number of imidazole rings is 1. The number of hydrogen-bond acceptors (Lipinski definition) is 1. The lowest BCUT2D eigenvalue weighted by atomic mass is 9.79. The average Bonchev–Trinajstić information content (AvgIpc) is 2.79. The molecule has 0 aliphatic heterocycles. The molecule has 1 aliphatic rings. The number of para-hydroxylation sites is 1. The summed E-state index contributed by atoms with van der Waals surface area (Å²) < 4.78 is 2.31. The predicted molar refractivity (Wildman–Crippen MR) is 85.5 cm³/mol. The summed E-state index contributed by atoms with van der Waals surface area (Å²) in [6, 6.07) is 6.37. The van der Waals surface area contributed by atoms with Crippen molar-refractivity contribution in [2.45, 2.75) is 45.0 Å². The molecule has 0 N–H and O–H groups in total. The highest BCUT2D eigenvalue weighted by Gasteiger charge is 2.29. The lowest BCUT2D eigenvalue weighted by Gasteiger charge is -2.34. The van der Waals surface area contributed by atoms with E-state index in [9.17, 15) is 0 Å². The van der Waals surface area contributed by atoms with Crippen LogP contribution >= 0.6 is 23.2 Å². The van der Waals surface area contributed by atoms with E-state index < -0.39 is 0 Å². The Morgan fingerprint density at radius 3 is 2.80 bits per heavy atom. The summed E-state index contributed by atoms with van der Waals surface area (Å²) in [7, 11) is 0. The molecule has 1 heterocycles. The first-order chi connectivity index (χ1) is 9.61. The van der Waals surface area contributed by atoms with E-state index >= 15 is 0 Å². The molecule has 0 radical (unpaired) electrons. The van der Waals surface area contributed by atoms with Gasteiger partial charge in [-0.2, -0.15) is 0 Å². The van der Waals surface area contributed by atoms with Crippen LogP contribution in [0.4, 0.5) is 0 Å². The maximum Gasteiger partial charge on any atom is 0.125 e. The monoisotopic (exact) mass is 310 g/mol. The van der Waals surface area contributed by atoms with Crippen molar-refractivity contribution in [2.75, 3.05) is 0 Å². The number of fused-ring (bicyclic) bond motifs is 1.